The number of aromatic nitrogens is 6. The number of allylic oxidation sites excluding steroid dienone is 1. The maximum absolute atomic E-state index is 12.2. The van der Waals surface area contributed by atoms with Crippen molar-refractivity contribution in [3.63, 3.8) is 0 Å². The molecule has 0 unspecified atom stereocenters. The molecule has 0 aliphatic heterocycles. The Kier molecular flexibility index (Phi) is 8.18. The van der Waals surface area contributed by atoms with Gasteiger partial charge in [0.2, 0.25) is 11.7 Å². The standard InChI is InChI=1S/C14H21N3O.C13H17N5/c1-11-15-10-13(14(18)8-9-16(2)3)17(11)12-6-4-5-7-12;1-9-16-8-12(11-6-7-15-13(14)17-11)18(9)10-4-2-3-5-10/h8-10,12H,4-7H2,1-3H3;6-8,10H,2-5H2,1H3,(H2,14,15,17). The zero-order valence-corrected chi connectivity index (χ0v) is 21.9. The Morgan fingerprint density at radius 1 is 0.944 bits per heavy atom. The first-order valence-electron chi connectivity index (χ1n) is 12.9. The van der Waals surface area contributed by atoms with Gasteiger partial charge in [0.25, 0.3) is 0 Å². The van der Waals surface area contributed by atoms with E-state index >= 15 is 0 Å². The fourth-order valence-electron chi connectivity index (χ4n) is 5.34. The van der Waals surface area contributed by atoms with E-state index in [0.717, 1.165) is 41.6 Å². The van der Waals surface area contributed by atoms with E-state index in [4.69, 9.17) is 5.73 Å². The number of anilines is 1. The second-order valence-electron chi connectivity index (χ2n) is 9.94. The molecule has 36 heavy (non-hydrogen) atoms. The second-order valence-corrected chi connectivity index (χ2v) is 9.94. The maximum atomic E-state index is 12.2. The molecule has 192 valence electrons. The molecule has 2 aliphatic carbocycles. The molecule has 9 nitrogen and oxygen atoms in total. The van der Waals surface area contributed by atoms with Crippen molar-refractivity contribution in [1.29, 1.82) is 0 Å². The van der Waals surface area contributed by atoms with Crippen LogP contribution in [0, 0.1) is 13.8 Å². The van der Waals surface area contributed by atoms with Crippen molar-refractivity contribution in [2.45, 2.75) is 77.3 Å². The highest BCUT2D eigenvalue weighted by Gasteiger charge is 2.24. The SMILES string of the molecule is Cc1ncc(-c2ccnc(N)n2)n1C1CCCC1.Cc1ncc(C(=O)C=CN(C)C)n1C1CCCC1. The molecule has 3 heterocycles. The van der Waals surface area contributed by atoms with E-state index in [9.17, 15) is 4.79 Å². The van der Waals surface area contributed by atoms with Crippen molar-refractivity contribution in [2.75, 3.05) is 19.8 Å². The average molecular weight is 491 g/mol. The molecule has 0 saturated heterocycles. The van der Waals surface area contributed by atoms with Crippen LogP contribution < -0.4 is 5.73 Å². The molecular formula is C27H38N8O. The molecule has 0 bridgehead atoms. The quantitative estimate of drug-likeness (QED) is 0.386. The van der Waals surface area contributed by atoms with Crippen LogP contribution >= 0.6 is 0 Å². The lowest BCUT2D eigenvalue weighted by Crippen LogP contribution is -2.14. The third-order valence-corrected chi connectivity index (χ3v) is 7.06. The summed E-state index contributed by atoms with van der Waals surface area (Å²) in [7, 11) is 3.81. The highest BCUT2D eigenvalue weighted by molar-refractivity contribution is 6.03. The zero-order valence-electron chi connectivity index (χ0n) is 21.9. The van der Waals surface area contributed by atoms with Crippen molar-refractivity contribution >= 4 is 11.7 Å². The Hall–Kier alpha value is -3.49. The fraction of sp³-hybridized carbons (Fsp3) is 0.519. The van der Waals surface area contributed by atoms with Gasteiger partial charge in [0.1, 0.15) is 17.3 Å². The lowest BCUT2D eigenvalue weighted by atomic mass is 10.2. The molecule has 3 aromatic heterocycles. The number of carbonyl (C=O) groups excluding carboxylic acids is 1. The summed E-state index contributed by atoms with van der Waals surface area (Å²) in [6.07, 6.45) is 18.6. The van der Waals surface area contributed by atoms with Crippen LogP contribution in [0.1, 0.15) is 85.6 Å². The highest BCUT2D eigenvalue weighted by atomic mass is 16.1. The van der Waals surface area contributed by atoms with E-state index in [0.29, 0.717) is 18.0 Å². The Balaban J connectivity index is 0.000000169. The van der Waals surface area contributed by atoms with Crippen molar-refractivity contribution in [3.05, 3.63) is 54.3 Å². The summed E-state index contributed by atoms with van der Waals surface area (Å²) in [4.78, 5) is 31.0. The summed E-state index contributed by atoms with van der Waals surface area (Å²) in [5.74, 6) is 2.35. The summed E-state index contributed by atoms with van der Waals surface area (Å²) in [6.45, 7) is 4.02. The number of hydrogen-bond donors (Lipinski definition) is 1. The predicted molar refractivity (Wildman–Crippen MR) is 142 cm³/mol. The van der Waals surface area contributed by atoms with Crippen molar-refractivity contribution < 1.29 is 4.79 Å². The smallest absolute Gasteiger partial charge is 0.220 e. The van der Waals surface area contributed by atoms with E-state index < -0.39 is 0 Å². The monoisotopic (exact) mass is 490 g/mol. The summed E-state index contributed by atoms with van der Waals surface area (Å²) in [5, 5.41) is 0. The van der Waals surface area contributed by atoms with Crippen LogP contribution in [0.15, 0.2) is 36.9 Å². The molecule has 5 rings (SSSR count). The first-order chi connectivity index (χ1) is 17.3. The number of imidazole rings is 2. The van der Waals surface area contributed by atoms with E-state index in [-0.39, 0.29) is 5.78 Å². The third kappa shape index (κ3) is 5.83. The zero-order chi connectivity index (χ0) is 25.7. The van der Waals surface area contributed by atoms with Gasteiger partial charge < -0.3 is 19.8 Å². The highest BCUT2D eigenvalue weighted by Crippen LogP contribution is 2.34. The molecule has 9 heteroatoms. The van der Waals surface area contributed by atoms with Gasteiger partial charge in [-0.25, -0.2) is 19.9 Å². The minimum atomic E-state index is 0.0381. The van der Waals surface area contributed by atoms with Crippen LogP contribution in [-0.4, -0.2) is 53.8 Å². The molecular weight excluding hydrogens is 452 g/mol. The first kappa shape index (κ1) is 25.6. The van der Waals surface area contributed by atoms with E-state index in [1.807, 2.05) is 45.1 Å². The largest absolute Gasteiger partial charge is 0.383 e. The minimum absolute atomic E-state index is 0.0381. The number of aryl methyl sites for hydroxylation is 2. The van der Waals surface area contributed by atoms with Gasteiger partial charge in [-0.05, 0) is 45.6 Å². The van der Waals surface area contributed by atoms with E-state index in [1.54, 1.807) is 24.7 Å². The fourth-order valence-corrected chi connectivity index (χ4v) is 5.34. The van der Waals surface area contributed by atoms with Crippen LogP contribution in [0.2, 0.25) is 0 Å². The van der Waals surface area contributed by atoms with Crippen LogP contribution in [0.25, 0.3) is 11.4 Å². The van der Waals surface area contributed by atoms with Crippen LogP contribution in [0.3, 0.4) is 0 Å². The molecule has 0 radical (unpaired) electrons. The number of carbonyl (C=O) groups is 1. The molecule has 0 spiro atoms. The Morgan fingerprint density at radius 2 is 1.53 bits per heavy atom. The van der Waals surface area contributed by atoms with E-state index in [1.165, 1.54) is 38.5 Å². The Morgan fingerprint density at radius 3 is 2.14 bits per heavy atom. The molecule has 3 aromatic rings. The van der Waals surface area contributed by atoms with Crippen LogP contribution in [0.4, 0.5) is 5.95 Å². The summed E-state index contributed by atoms with van der Waals surface area (Å²) in [6, 6.07) is 2.90. The normalized spacial score (nSPS) is 16.4. The third-order valence-electron chi connectivity index (χ3n) is 7.06. The van der Waals surface area contributed by atoms with Crippen molar-refractivity contribution in [3.8, 4) is 11.4 Å². The molecule has 0 aromatic carbocycles. The van der Waals surface area contributed by atoms with Gasteiger partial charge in [-0.2, -0.15) is 0 Å². The molecule has 0 amide bonds. The lowest BCUT2D eigenvalue weighted by molar-refractivity contribution is 0.103. The summed E-state index contributed by atoms with van der Waals surface area (Å²) < 4.78 is 4.42. The van der Waals surface area contributed by atoms with Gasteiger partial charge >= 0.3 is 0 Å². The second kappa shape index (κ2) is 11.5. The summed E-state index contributed by atoms with van der Waals surface area (Å²) >= 11 is 0. The number of nitrogens with zero attached hydrogens (tertiary/aromatic N) is 7. The van der Waals surface area contributed by atoms with Crippen LogP contribution in [-0.2, 0) is 0 Å². The maximum Gasteiger partial charge on any atom is 0.220 e. The Bertz CT molecular complexity index is 1200. The number of rotatable bonds is 6. The van der Waals surface area contributed by atoms with E-state index in [2.05, 4.69) is 29.1 Å². The number of nitrogens with two attached hydrogens (primary N) is 1. The van der Waals surface area contributed by atoms with Crippen molar-refractivity contribution in [2.24, 2.45) is 0 Å². The number of nitrogen functional groups attached to an aromatic ring is 1. The number of hydrogen-bond acceptors (Lipinski definition) is 7. The molecule has 0 atom stereocenters. The lowest BCUT2D eigenvalue weighted by Gasteiger charge is -2.17. The van der Waals surface area contributed by atoms with Gasteiger partial charge in [-0.3, -0.25) is 4.79 Å². The van der Waals surface area contributed by atoms with Crippen LogP contribution in [0.5, 0.6) is 0 Å². The van der Waals surface area contributed by atoms with Gasteiger partial charge in [-0.15, -0.1) is 0 Å². The molecule has 2 N–H and O–H groups in total. The molecule has 2 aliphatic rings. The average Bonchev–Trinajstić information content (AvgIpc) is 3.65. The predicted octanol–water partition coefficient (Wildman–Crippen LogP) is 4.91. The Labute approximate surface area is 213 Å². The van der Waals surface area contributed by atoms with Crippen molar-refractivity contribution in [1.82, 2.24) is 34.0 Å². The van der Waals surface area contributed by atoms with Gasteiger partial charge in [0.15, 0.2) is 0 Å². The number of ketones is 1. The minimum Gasteiger partial charge on any atom is -0.383 e. The molecule has 2 fully saturated rings. The van der Waals surface area contributed by atoms with Gasteiger partial charge in [0, 0.05) is 44.7 Å². The van der Waals surface area contributed by atoms with Gasteiger partial charge in [0.05, 0.1) is 23.8 Å². The van der Waals surface area contributed by atoms with Gasteiger partial charge in [-0.1, -0.05) is 25.7 Å². The molecule has 2 saturated carbocycles. The first-order valence-corrected chi connectivity index (χ1v) is 12.9. The topological polar surface area (TPSA) is 108 Å². The summed E-state index contributed by atoms with van der Waals surface area (Å²) in [5.41, 5.74) is 8.28.